The Morgan fingerprint density at radius 3 is 2.57 bits per heavy atom. The van der Waals surface area contributed by atoms with Gasteiger partial charge in [-0.25, -0.2) is 13.4 Å². The minimum absolute atomic E-state index is 0.0524. The van der Waals surface area contributed by atoms with Gasteiger partial charge in [0.15, 0.2) is 5.13 Å². The van der Waals surface area contributed by atoms with Gasteiger partial charge in [0.2, 0.25) is 0 Å². The van der Waals surface area contributed by atoms with Crippen LogP contribution in [0.15, 0.2) is 74.0 Å². The average Bonchev–Trinajstić information content (AvgIpc) is 3.52. The second-order valence-corrected chi connectivity index (χ2v) is 9.90. The monoisotopic (exact) mass is 510 g/mol. The first-order valence-corrected chi connectivity index (χ1v) is 12.5. The summed E-state index contributed by atoms with van der Waals surface area (Å²) in [5.41, 5.74) is 0.737. The van der Waals surface area contributed by atoms with Gasteiger partial charge in [0.05, 0.1) is 18.0 Å². The molecular weight excluding hydrogens is 492 g/mol. The predicted molar refractivity (Wildman–Crippen MR) is 127 cm³/mol. The van der Waals surface area contributed by atoms with Gasteiger partial charge < -0.3 is 9.52 Å². The number of carbonyl (C=O) groups is 2. The number of rotatable bonds is 7. The number of imide groups is 1. The quantitative estimate of drug-likeness (QED) is 0.363. The molecule has 35 heavy (non-hydrogen) atoms. The zero-order valence-electron chi connectivity index (χ0n) is 18.3. The summed E-state index contributed by atoms with van der Waals surface area (Å²) in [6.07, 6.45) is 2.92. The van der Waals surface area contributed by atoms with Crippen molar-refractivity contribution in [3.05, 3.63) is 70.5 Å². The predicted octanol–water partition coefficient (Wildman–Crippen LogP) is 2.79. The number of anilines is 1. The van der Waals surface area contributed by atoms with Crippen molar-refractivity contribution in [2.75, 3.05) is 17.9 Å². The molecule has 4 rings (SSSR count). The average molecular weight is 511 g/mol. The molecule has 0 saturated heterocycles. The second kappa shape index (κ2) is 9.67. The number of β-amino-alcohol motifs (C(OH)–C–C–N with tert-alkyl or cyclic N) is 1. The lowest BCUT2D eigenvalue weighted by atomic mass is 9.95. The van der Waals surface area contributed by atoms with Crippen LogP contribution in [0.25, 0.3) is 17.4 Å². The Bertz CT molecular complexity index is 1490. The fourth-order valence-corrected chi connectivity index (χ4v) is 5.20. The number of thiazole rings is 1. The minimum Gasteiger partial charge on any atom is -0.457 e. The zero-order valence-corrected chi connectivity index (χ0v) is 19.9. The van der Waals surface area contributed by atoms with Crippen LogP contribution < -0.4 is 4.72 Å². The molecule has 0 aliphatic carbocycles. The van der Waals surface area contributed by atoms with E-state index in [0.29, 0.717) is 17.1 Å². The number of nitrogens with one attached hydrogen (secondary N) is 1. The van der Waals surface area contributed by atoms with Crippen LogP contribution in [0.4, 0.5) is 5.13 Å². The van der Waals surface area contributed by atoms with Crippen LogP contribution in [0, 0.1) is 11.3 Å². The van der Waals surface area contributed by atoms with Gasteiger partial charge in [0, 0.05) is 22.7 Å². The maximum atomic E-state index is 12.8. The highest BCUT2D eigenvalue weighted by atomic mass is 32.2. The second-order valence-electron chi connectivity index (χ2n) is 7.32. The van der Waals surface area contributed by atoms with Crippen molar-refractivity contribution in [2.24, 2.45) is 0 Å². The maximum absolute atomic E-state index is 12.8. The topological polar surface area (TPSA) is 154 Å². The third kappa shape index (κ3) is 4.78. The third-order valence-electron chi connectivity index (χ3n) is 5.17. The lowest BCUT2D eigenvalue weighted by molar-refractivity contribution is -0.140. The standard InChI is InChI=1S/C23H18N4O6S2/c1-14-18(21(29)27(9-10-28)22(30)19(14)13-24)12-16-4-7-20(33-16)15-2-5-17(6-3-15)35(31,32)26-23-25-8-11-34-23/h2-8,11-12,28H,9-10H2,1H3,(H,25,26)/b18-12+. The first-order valence-electron chi connectivity index (χ1n) is 10.2. The molecule has 10 nitrogen and oxygen atoms in total. The van der Waals surface area contributed by atoms with Gasteiger partial charge in [0.25, 0.3) is 21.8 Å². The SMILES string of the molecule is CC1=C(C#N)C(=O)N(CCO)C(=O)/C1=C/c1ccc(-c2ccc(S(=O)(=O)Nc3nccs3)cc2)o1. The molecule has 0 fully saturated rings. The highest BCUT2D eigenvalue weighted by Gasteiger charge is 2.35. The van der Waals surface area contributed by atoms with Crippen LogP contribution in [-0.4, -0.2) is 48.4 Å². The van der Waals surface area contributed by atoms with E-state index < -0.39 is 28.4 Å². The molecule has 0 unspecified atom stereocenters. The number of nitriles is 1. The number of nitrogens with zero attached hydrogens (tertiary/aromatic N) is 3. The number of hydrogen-bond donors (Lipinski definition) is 2. The largest absolute Gasteiger partial charge is 0.457 e. The van der Waals surface area contributed by atoms with Crippen molar-refractivity contribution in [3.8, 4) is 17.4 Å². The van der Waals surface area contributed by atoms with Crippen molar-refractivity contribution in [3.63, 3.8) is 0 Å². The van der Waals surface area contributed by atoms with Gasteiger partial charge in [-0.2, -0.15) is 5.26 Å². The summed E-state index contributed by atoms with van der Waals surface area (Å²) in [7, 11) is -3.79. The van der Waals surface area contributed by atoms with Gasteiger partial charge in [-0.3, -0.25) is 19.2 Å². The maximum Gasteiger partial charge on any atom is 0.271 e. The van der Waals surface area contributed by atoms with E-state index >= 15 is 0 Å². The Morgan fingerprint density at radius 1 is 1.20 bits per heavy atom. The number of amides is 2. The summed E-state index contributed by atoms with van der Waals surface area (Å²) in [4.78, 5) is 29.9. The number of benzene rings is 1. The molecule has 0 spiro atoms. The van der Waals surface area contributed by atoms with Gasteiger partial charge in [-0.05, 0) is 55.0 Å². The van der Waals surface area contributed by atoms with Gasteiger partial charge in [-0.1, -0.05) is 0 Å². The number of sulfonamides is 1. The number of carbonyl (C=O) groups excluding carboxylic acids is 2. The summed E-state index contributed by atoms with van der Waals surface area (Å²) >= 11 is 1.17. The van der Waals surface area contributed by atoms with Crippen molar-refractivity contribution >= 4 is 44.4 Å². The number of aromatic nitrogens is 1. The fraction of sp³-hybridized carbons (Fsp3) is 0.130. The summed E-state index contributed by atoms with van der Waals surface area (Å²) in [5, 5.41) is 20.5. The van der Waals surface area contributed by atoms with Gasteiger partial charge >= 0.3 is 0 Å². The number of aliphatic hydroxyl groups is 1. The molecule has 0 radical (unpaired) electrons. The van der Waals surface area contributed by atoms with E-state index in [1.807, 2.05) is 6.07 Å². The molecule has 1 aliphatic heterocycles. The molecule has 12 heteroatoms. The zero-order chi connectivity index (χ0) is 25.2. The van der Waals surface area contributed by atoms with Crippen molar-refractivity contribution in [1.82, 2.24) is 9.88 Å². The van der Waals surface area contributed by atoms with Gasteiger partial charge in [-0.15, -0.1) is 11.3 Å². The van der Waals surface area contributed by atoms with E-state index in [1.165, 1.54) is 42.7 Å². The lowest BCUT2D eigenvalue weighted by Crippen LogP contribution is -2.44. The highest BCUT2D eigenvalue weighted by Crippen LogP contribution is 2.30. The van der Waals surface area contributed by atoms with Gasteiger partial charge in [0.1, 0.15) is 23.2 Å². The van der Waals surface area contributed by atoms with Crippen LogP contribution >= 0.6 is 11.3 Å². The summed E-state index contributed by atoms with van der Waals surface area (Å²) in [6.45, 7) is 0.835. The Morgan fingerprint density at radius 2 is 1.94 bits per heavy atom. The molecule has 2 aromatic heterocycles. The van der Waals surface area contributed by atoms with E-state index in [4.69, 9.17) is 4.42 Å². The van der Waals surface area contributed by atoms with E-state index in [1.54, 1.807) is 29.6 Å². The summed E-state index contributed by atoms with van der Waals surface area (Å²) in [6, 6.07) is 11.1. The molecule has 0 saturated carbocycles. The smallest absolute Gasteiger partial charge is 0.271 e. The normalized spacial score (nSPS) is 15.6. The molecule has 3 heterocycles. The molecule has 1 aromatic carbocycles. The number of furan rings is 1. The number of aliphatic hydroxyl groups excluding tert-OH is 1. The van der Waals surface area contributed by atoms with E-state index in [2.05, 4.69) is 9.71 Å². The molecule has 0 atom stereocenters. The van der Waals surface area contributed by atoms with Crippen molar-refractivity contribution < 1.29 is 27.5 Å². The molecule has 2 amide bonds. The third-order valence-corrected chi connectivity index (χ3v) is 7.34. The van der Waals surface area contributed by atoms with Crippen LogP contribution in [0.2, 0.25) is 0 Å². The number of hydrogen-bond acceptors (Lipinski definition) is 9. The minimum atomic E-state index is -3.79. The van der Waals surface area contributed by atoms with Crippen molar-refractivity contribution in [1.29, 1.82) is 5.26 Å². The first kappa shape index (κ1) is 24.1. The Balaban J connectivity index is 1.60. The summed E-state index contributed by atoms with van der Waals surface area (Å²) < 4.78 is 33.2. The molecule has 1 aliphatic rings. The molecule has 178 valence electrons. The highest BCUT2D eigenvalue weighted by molar-refractivity contribution is 7.93. The lowest BCUT2D eigenvalue weighted by Gasteiger charge is -2.26. The molecule has 3 aromatic rings. The Kier molecular flexibility index (Phi) is 6.65. The van der Waals surface area contributed by atoms with Crippen LogP contribution in [0.1, 0.15) is 12.7 Å². The van der Waals surface area contributed by atoms with Crippen molar-refractivity contribution in [2.45, 2.75) is 11.8 Å². The fourth-order valence-electron chi connectivity index (χ4n) is 3.41. The Hall–Kier alpha value is -4.05. The van der Waals surface area contributed by atoms with Crippen LogP contribution in [0.3, 0.4) is 0 Å². The van der Waals surface area contributed by atoms with Crippen LogP contribution in [0.5, 0.6) is 0 Å². The van der Waals surface area contributed by atoms with Crippen LogP contribution in [-0.2, 0) is 19.6 Å². The van der Waals surface area contributed by atoms with E-state index in [9.17, 15) is 28.4 Å². The Labute approximate surface area is 204 Å². The molecular formula is C23H18N4O6S2. The summed E-state index contributed by atoms with van der Waals surface area (Å²) in [5.74, 6) is -0.677. The van der Waals surface area contributed by atoms with E-state index in [-0.39, 0.29) is 33.3 Å². The van der Waals surface area contributed by atoms with E-state index in [0.717, 1.165) is 4.90 Å². The molecule has 2 N–H and O–H groups in total. The first-order chi connectivity index (χ1) is 16.7. The molecule has 0 bridgehead atoms.